The van der Waals surface area contributed by atoms with Gasteiger partial charge >= 0.3 is 6.03 Å². The van der Waals surface area contributed by atoms with Gasteiger partial charge in [-0.3, -0.25) is 19.2 Å². The van der Waals surface area contributed by atoms with Crippen LogP contribution in [0.15, 0.2) is 54.9 Å². The first-order chi connectivity index (χ1) is 19.2. The van der Waals surface area contributed by atoms with E-state index in [0.29, 0.717) is 37.2 Å². The molecule has 1 spiro atoms. The van der Waals surface area contributed by atoms with Crippen molar-refractivity contribution in [3.05, 3.63) is 77.4 Å². The second-order valence-corrected chi connectivity index (χ2v) is 10.6. The number of fused-ring (bicyclic) bond motifs is 2. The summed E-state index contributed by atoms with van der Waals surface area (Å²) in [5.74, 6) is -1.44. The molecule has 2 saturated heterocycles. The fraction of sp³-hybridized carbons (Fsp3) is 0.379. The lowest BCUT2D eigenvalue weighted by atomic mass is 9.90. The number of ether oxygens (including phenoxy) is 1. The number of carbonyl (C=O) groups is 3. The fourth-order valence-electron chi connectivity index (χ4n) is 5.97. The summed E-state index contributed by atoms with van der Waals surface area (Å²) in [6.07, 6.45) is 2.98. The SMILES string of the molecule is Cn1cc(-c2ccc3c(c2)[C@H](F)C[C@]32NC(=O)N(CC(=O)N(Cc3ccc(F)cc3)C3CCOCC3)C2=O)cn1. The molecule has 4 amide bonds. The van der Waals surface area contributed by atoms with E-state index in [1.807, 2.05) is 6.20 Å². The van der Waals surface area contributed by atoms with E-state index in [-0.39, 0.29) is 24.8 Å². The molecule has 11 heteroatoms. The van der Waals surface area contributed by atoms with E-state index in [1.165, 1.54) is 12.1 Å². The Bertz CT molecular complexity index is 1470. The smallest absolute Gasteiger partial charge is 0.325 e. The Morgan fingerprint density at radius 3 is 2.60 bits per heavy atom. The molecule has 9 nitrogen and oxygen atoms in total. The highest BCUT2D eigenvalue weighted by Gasteiger charge is 2.58. The van der Waals surface area contributed by atoms with Crippen LogP contribution in [-0.2, 0) is 33.5 Å². The van der Waals surface area contributed by atoms with Crippen LogP contribution >= 0.6 is 0 Å². The molecule has 40 heavy (non-hydrogen) atoms. The molecule has 6 rings (SSSR count). The van der Waals surface area contributed by atoms with Gasteiger partial charge in [-0.25, -0.2) is 13.6 Å². The summed E-state index contributed by atoms with van der Waals surface area (Å²) >= 11 is 0. The Morgan fingerprint density at radius 1 is 1.15 bits per heavy atom. The van der Waals surface area contributed by atoms with Crippen molar-refractivity contribution in [3.63, 3.8) is 0 Å². The average Bonchev–Trinajstić information content (AvgIpc) is 3.58. The van der Waals surface area contributed by atoms with Crippen LogP contribution in [0.1, 0.15) is 42.1 Å². The maximum Gasteiger partial charge on any atom is 0.325 e. The summed E-state index contributed by atoms with van der Waals surface area (Å²) < 4.78 is 36.0. The number of benzene rings is 2. The molecule has 3 aromatic rings. The number of alkyl halides is 1. The first-order valence-corrected chi connectivity index (χ1v) is 13.3. The Morgan fingerprint density at radius 2 is 1.90 bits per heavy atom. The minimum atomic E-state index is -1.57. The Labute approximate surface area is 229 Å². The molecule has 3 heterocycles. The number of hydrogen-bond donors (Lipinski definition) is 1. The van der Waals surface area contributed by atoms with Crippen LogP contribution in [0.2, 0.25) is 0 Å². The van der Waals surface area contributed by atoms with Crippen molar-refractivity contribution in [1.29, 1.82) is 0 Å². The number of nitrogens with one attached hydrogen (secondary N) is 1. The minimum Gasteiger partial charge on any atom is -0.381 e. The van der Waals surface area contributed by atoms with Gasteiger partial charge in [0.05, 0.1) is 6.20 Å². The van der Waals surface area contributed by atoms with Crippen LogP contribution in [0.25, 0.3) is 11.1 Å². The normalized spacial score (nSPS) is 22.6. The van der Waals surface area contributed by atoms with Gasteiger partial charge in [0, 0.05) is 51.0 Å². The third-order valence-corrected chi connectivity index (χ3v) is 8.06. The van der Waals surface area contributed by atoms with Crippen molar-refractivity contribution in [3.8, 4) is 11.1 Å². The zero-order valence-corrected chi connectivity index (χ0v) is 22.0. The number of nitrogens with zero attached hydrogens (tertiary/aromatic N) is 4. The largest absolute Gasteiger partial charge is 0.381 e. The predicted molar refractivity (Wildman–Crippen MR) is 140 cm³/mol. The quantitative estimate of drug-likeness (QED) is 0.474. The fourth-order valence-corrected chi connectivity index (χ4v) is 5.97. The maximum atomic E-state index is 15.4. The number of carbonyl (C=O) groups excluding carboxylic acids is 3. The number of aryl methyl sites for hydroxylation is 1. The van der Waals surface area contributed by atoms with Gasteiger partial charge in [0.1, 0.15) is 24.1 Å². The highest BCUT2D eigenvalue weighted by molar-refractivity contribution is 6.10. The second kappa shape index (κ2) is 10.1. The van der Waals surface area contributed by atoms with Crippen LogP contribution in [-0.4, -0.2) is 63.2 Å². The van der Waals surface area contributed by atoms with Crippen molar-refractivity contribution >= 4 is 17.8 Å². The Kier molecular flexibility index (Phi) is 6.61. The topological polar surface area (TPSA) is 96.8 Å². The van der Waals surface area contributed by atoms with Crippen LogP contribution in [0.3, 0.4) is 0 Å². The number of imide groups is 1. The van der Waals surface area contributed by atoms with Gasteiger partial charge in [-0.05, 0) is 53.3 Å². The summed E-state index contributed by atoms with van der Waals surface area (Å²) in [6, 6.07) is 10.1. The van der Waals surface area contributed by atoms with Crippen molar-refractivity contribution in [2.45, 2.75) is 43.6 Å². The van der Waals surface area contributed by atoms with Gasteiger partial charge in [0.2, 0.25) is 5.91 Å². The number of halogens is 2. The second-order valence-electron chi connectivity index (χ2n) is 10.6. The Hall–Kier alpha value is -4.12. The van der Waals surface area contributed by atoms with Crippen LogP contribution in [0.4, 0.5) is 13.6 Å². The molecule has 1 N–H and O–H groups in total. The molecule has 0 unspecified atom stereocenters. The van der Waals surface area contributed by atoms with Crippen LogP contribution in [0, 0.1) is 5.82 Å². The molecule has 0 saturated carbocycles. The van der Waals surface area contributed by atoms with E-state index < -0.39 is 36.1 Å². The number of rotatable bonds is 6. The molecular weight excluding hydrogens is 520 g/mol. The first kappa shape index (κ1) is 26.1. The third-order valence-electron chi connectivity index (χ3n) is 8.06. The minimum absolute atomic E-state index is 0.158. The van der Waals surface area contributed by atoms with Crippen molar-refractivity contribution in [1.82, 2.24) is 24.9 Å². The monoisotopic (exact) mass is 549 g/mol. The number of hydrogen-bond acceptors (Lipinski definition) is 5. The van der Waals surface area contributed by atoms with Gasteiger partial charge in [-0.15, -0.1) is 0 Å². The van der Waals surface area contributed by atoms with E-state index >= 15 is 4.39 Å². The molecule has 2 aliphatic heterocycles. The zero-order valence-electron chi connectivity index (χ0n) is 22.0. The van der Waals surface area contributed by atoms with E-state index in [2.05, 4.69) is 10.4 Å². The summed E-state index contributed by atoms with van der Waals surface area (Å²) in [5.41, 5.74) is 1.45. The molecule has 1 aromatic heterocycles. The summed E-state index contributed by atoms with van der Waals surface area (Å²) in [5, 5.41) is 6.87. The molecule has 2 atom stereocenters. The van der Waals surface area contributed by atoms with E-state index in [9.17, 15) is 18.8 Å². The number of urea groups is 1. The predicted octanol–water partition coefficient (Wildman–Crippen LogP) is 3.60. The number of aromatic nitrogens is 2. The lowest BCUT2D eigenvalue weighted by Crippen LogP contribution is -2.49. The standard InChI is InChI=1S/C29H29F2N5O4/c1-34-16-20(14-32-34)19-4-7-24-23(12-19)25(31)13-29(24)27(38)36(28(39)33-29)17-26(37)35(22-8-10-40-11-9-22)15-18-2-5-21(30)6-3-18/h2-7,12,14,16,22,25H,8-11,13,15,17H2,1H3,(H,33,39)/t25-,29+/m1/s1. The lowest BCUT2D eigenvalue weighted by Gasteiger charge is -2.35. The average molecular weight is 550 g/mol. The maximum absolute atomic E-state index is 15.4. The Balaban J connectivity index is 1.25. The summed E-state index contributed by atoms with van der Waals surface area (Å²) in [4.78, 5) is 43.0. The van der Waals surface area contributed by atoms with E-state index in [0.717, 1.165) is 21.6 Å². The highest BCUT2D eigenvalue weighted by Crippen LogP contribution is 2.49. The zero-order chi connectivity index (χ0) is 28.0. The van der Waals surface area contributed by atoms with E-state index in [1.54, 1.807) is 53.2 Å². The molecule has 0 bridgehead atoms. The van der Waals surface area contributed by atoms with Gasteiger partial charge in [-0.1, -0.05) is 24.3 Å². The lowest BCUT2D eigenvalue weighted by molar-refractivity contribution is -0.142. The van der Waals surface area contributed by atoms with Gasteiger partial charge in [-0.2, -0.15) is 5.10 Å². The molecule has 2 aromatic carbocycles. The first-order valence-electron chi connectivity index (χ1n) is 13.3. The molecule has 2 fully saturated rings. The molecule has 0 radical (unpaired) electrons. The van der Waals surface area contributed by atoms with Crippen LogP contribution in [0.5, 0.6) is 0 Å². The third kappa shape index (κ3) is 4.53. The van der Waals surface area contributed by atoms with Crippen molar-refractivity contribution in [2.24, 2.45) is 7.05 Å². The van der Waals surface area contributed by atoms with Crippen molar-refractivity contribution < 1.29 is 27.9 Å². The number of amides is 4. The summed E-state index contributed by atoms with van der Waals surface area (Å²) in [6.45, 7) is 0.690. The molecule has 208 valence electrons. The van der Waals surface area contributed by atoms with Crippen LogP contribution < -0.4 is 5.32 Å². The highest BCUT2D eigenvalue weighted by atomic mass is 19.1. The van der Waals surface area contributed by atoms with Gasteiger partial charge in [0.25, 0.3) is 5.91 Å². The molecule has 3 aliphatic rings. The van der Waals surface area contributed by atoms with Gasteiger partial charge < -0.3 is 15.0 Å². The van der Waals surface area contributed by atoms with E-state index in [4.69, 9.17) is 4.74 Å². The molecular formula is C29H29F2N5O4. The molecule has 1 aliphatic carbocycles. The summed E-state index contributed by atoms with van der Waals surface area (Å²) in [7, 11) is 1.79. The van der Waals surface area contributed by atoms with Crippen molar-refractivity contribution in [2.75, 3.05) is 19.8 Å². The van der Waals surface area contributed by atoms with Gasteiger partial charge in [0.15, 0.2) is 0 Å².